The Bertz CT molecular complexity index is 1820. The number of rotatable bonds is 6. The zero-order chi connectivity index (χ0) is 27.3. The summed E-state index contributed by atoms with van der Waals surface area (Å²) in [6.07, 6.45) is 4.24. The van der Waals surface area contributed by atoms with Crippen molar-refractivity contribution in [2.45, 2.75) is 18.9 Å². The number of anilines is 2. The summed E-state index contributed by atoms with van der Waals surface area (Å²) in [4.78, 5) is 47.4. The van der Waals surface area contributed by atoms with E-state index in [9.17, 15) is 18.8 Å². The van der Waals surface area contributed by atoms with Gasteiger partial charge in [-0.3, -0.25) is 19.5 Å². The van der Waals surface area contributed by atoms with E-state index < -0.39 is 23.1 Å². The van der Waals surface area contributed by atoms with Gasteiger partial charge < -0.3 is 21.4 Å². The highest BCUT2D eigenvalue weighted by atomic mass is 19.1. The number of nitrogens with one attached hydrogen (secondary N) is 2. The second kappa shape index (κ2) is 9.17. The number of nitrogen functional groups attached to an aromatic ring is 1. The molecule has 1 aliphatic rings. The van der Waals surface area contributed by atoms with E-state index in [4.69, 9.17) is 11.5 Å². The van der Waals surface area contributed by atoms with Crippen molar-refractivity contribution in [3.63, 3.8) is 0 Å². The number of hydrogen-bond acceptors (Lipinski definition) is 7. The Morgan fingerprint density at radius 2 is 1.72 bits per heavy atom. The van der Waals surface area contributed by atoms with Crippen LogP contribution in [0, 0.1) is 5.82 Å². The average molecular weight is 525 g/mol. The molecule has 0 atom stereocenters. The van der Waals surface area contributed by atoms with Gasteiger partial charge >= 0.3 is 0 Å². The van der Waals surface area contributed by atoms with Crippen molar-refractivity contribution >= 4 is 34.4 Å². The Kier molecular flexibility index (Phi) is 5.64. The molecule has 194 valence electrons. The van der Waals surface area contributed by atoms with Gasteiger partial charge in [-0.05, 0) is 42.7 Å². The van der Waals surface area contributed by atoms with Crippen LogP contribution in [0.2, 0.25) is 0 Å². The average Bonchev–Trinajstić information content (AvgIpc) is 3.67. The Balaban J connectivity index is 1.37. The van der Waals surface area contributed by atoms with Crippen molar-refractivity contribution in [2.24, 2.45) is 5.73 Å². The Labute approximate surface area is 219 Å². The van der Waals surface area contributed by atoms with E-state index in [1.54, 1.807) is 28.8 Å². The number of primary amides is 1. The maximum Gasteiger partial charge on any atom is 0.266 e. The van der Waals surface area contributed by atoms with Crippen molar-refractivity contribution in [3.8, 4) is 22.4 Å². The second-order valence-corrected chi connectivity index (χ2v) is 9.19. The lowest BCUT2D eigenvalue weighted by Crippen LogP contribution is -2.30. The molecule has 12 heteroatoms. The van der Waals surface area contributed by atoms with Crippen LogP contribution in [0.4, 0.5) is 15.9 Å². The quantitative estimate of drug-likeness (QED) is 0.264. The van der Waals surface area contributed by atoms with Gasteiger partial charge in [-0.1, -0.05) is 24.3 Å². The predicted molar refractivity (Wildman–Crippen MR) is 142 cm³/mol. The molecule has 2 aromatic carbocycles. The molecular weight excluding hydrogens is 503 g/mol. The highest BCUT2D eigenvalue weighted by Crippen LogP contribution is 2.37. The molecular formula is C27H21FN8O3. The number of carbonyl (C=O) groups is 2. The minimum Gasteiger partial charge on any atom is -0.383 e. The Morgan fingerprint density at radius 1 is 1.03 bits per heavy atom. The van der Waals surface area contributed by atoms with Gasteiger partial charge in [0.05, 0.1) is 16.6 Å². The first kappa shape index (κ1) is 24.0. The third-order valence-electron chi connectivity index (χ3n) is 6.60. The van der Waals surface area contributed by atoms with Crippen LogP contribution in [-0.2, 0) is 0 Å². The van der Waals surface area contributed by atoms with Crippen LogP contribution in [0.25, 0.3) is 33.4 Å². The fourth-order valence-electron chi connectivity index (χ4n) is 4.58. The zero-order valence-electron chi connectivity index (χ0n) is 20.3. The first-order valence-electron chi connectivity index (χ1n) is 12.0. The van der Waals surface area contributed by atoms with Crippen LogP contribution in [0.5, 0.6) is 0 Å². The van der Waals surface area contributed by atoms with E-state index in [0.29, 0.717) is 28.0 Å². The van der Waals surface area contributed by atoms with Crippen LogP contribution in [0.15, 0.2) is 65.8 Å². The number of pyridine rings is 1. The van der Waals surface area contributed by atoms with Gasteiger partial charge in [0.25, 0.3) is 11.8 Å². The predicted octanol–water partition coefficient (Wildman–Crippen LogP) is 3.26. The fraction of sp³-hybridized carbons (Fsp3) is 0.111. The van der Waals surface area contributed by atoms with Crippen molar-refractivity contribution in [1.29, 1.82) is 0 Å². The van der Waals surface area contributed by atoms with Gasteiger partial charge in [0.2, 0.25) is 5.43 Å². The lowest BCUT2D eigenvalue weighted by atomic mass is 9.99. The third-order valence-corrected chi connectivity index (χ3v) is 6.60. The standard InChI is InChI=1S/C27H21FN8O3/c28-15-5-1-13(2-6-15)19-22(25(30)38)36(17-9-10-17)11-18(23(19)37)27(39)33-16-7-3-14(4-8-16)21-20-24(29)31-12-32-26(20)35-34-21/h1-8,11-12,17H,9-10H2,(H2,30,38)(H,33,39)(H3,29,31,32,34,35). The largest absolute Gasteiger partial charge is 0.383 e. The molecule has 1 saturated carbocycles. The van der Waals surface area contributed by atoms with Gasteiger partial charge in [0.1, 0.15) is 29.2 Å². The molecule has 1 aliphatic carbocycles. The number of aromatic nitrogens is 5. The van der Waals surface area contributed by atoms with E-state index in [1.165, 1.54) is 36.8 Å². The summed E-state index contributed by atoms with van der Waals surface area (Å²) < 4.78 is 15.2. The van der Waals surface area contributed by atoms with E-state index in [0.717, 1.165) is 18.4 Å². The van der Waals surface area contributed by atoms with Crippen LogP contribution in [0.1, 0.15) is 39.7 Å². The van der Waals surface area contributed by atoms with E-state index >= 15 is 0 Å². The molecule has 11 nitrogen and oxygen atoms in total. The van der Waals surface area contributed by atoms with E-state index in [2.05, 4.69) is 25.5 Å². The van der Waals surface area contributed by atoms with Crippen LogP contribution in [0.3, 0.4) is 0 Å². The lowest BCUT2D eigenvalue weighted by Gasteiger charge is -2.17. The summed E-state index contributed by atoms with van der Waals surface area (Å²) in [5.74, 6) is -1.69. The molecule has 6 rings (SSSR count). The maximum atomic E-state index is 13.6. The molecule has 0 radical (unpaired) electrons. The summed E-state index contributed by atoms with van der Waals surface area (Å²) >= 11 is 0. The molecule has 0 spiro atoms. The number of H-pyrrole nitrogens is 1. The van der Waals surface area contributed by atoms with Crippen LogP contribution >= 0.6 is 0 Å². The summed E-state index contributed by atoms with van der Waals surface area (Å²) in [5.41, 5.74) is 13.3. The van der Waals surface area contributed by atoms with Gasteiger partial charge in [-0.2, -0.15) is 5.10 Å². The van der Waals surface area contributed by atoms with Crippen molar-refractivity contribution in [1.82, 2.24) is 24.7 Å². The monoisotopic (exact) mass is 524 g/mol. The molecule has 5 aromatic rings. The number of carbonyl (C=O) groups excluding carboxylic acids is 2. The molecule has 3 aromatic heterocycles. The highest BCUT2D eigenvalue weighted by molar-refractivity contribution is 6.07. The fourth-order valence-corrected chi connectivity index (χ4v) is 4.58. The highest BCUT2D eigenvalue weighted by Gasteiger charge is 2.31. The van der Waals surface area contributed by atoms with Gasteiger partial charge in [-0.15, -0.1) is 0 Å². The maximum absolute atomic E-state index is 13.6. The summed E-state index contributed by atoms with van der Waals surface area (Å²) in [6, 6.07) is 11.9. The number of fused-ring (bicyclic) bond motifs is 1. The topological polar surface area (TPSA) is 175 Å². The summed E-state index contributed by atoms with van der Waals surface area (Å²) in [7, 11) is 0. The summed E-state index contributed by atoms with van der Waals surface area (Å²) in [6.45, 7) is 0. The molecule has 0 saturated heterocycles. The Hall–Kier alpha value is -5.39. The summed E-state index contributed by atoms with van der Waals surface area (Å²) in [5, 5.41) is 10.4. The van der Waals surface area contributed by atoms with Crippen LogP contribution < -0.4 is 22.2 Å². The molecule has 6 N–H and O–H groups in total. The molecule has 2 amide bonds. The third kappa shape index (κ3) is 4.27. The molecule has 0 aliphatic heterocycles. The number of benzene rings is 2. The molecule has 1 fully saturated rings. The first-order valence-corrected chi connectivity index (χ1v) is 12.0. The molecule has 0 bridgehead atoms. The van der Waals surface area contributed by atoms with Crippen molar-refractivity contribution in [3.05, 3.63) is 88.4 Å². The van der Waals surface area contributed by atoms with E-state index in [1.807, 2.05) is 0 Å². The van der Waals surface area contributed by atoms with Gasteiger partial charge in [0.15, 0.2) is 5.65 Å². The molecule has 39 heavy (non-hydrogen) atoms. The van der Waals surface area contributed by atoms with Crippen molar-refractivity contribution < 1.29 is 14.0 Å². The normalized spacial score (nSPS) is 12.9. The number of halogens is 1. The molecule has 3 heterocycles. The minimum absolute atomic E-state index is 0.00922. The molecule has 0 unspecified atom stereocenters. The number of nitrogens with zero attached hydrogens (tertiary/aromatic N) is 4. The van der Waals surface area contributed by atoms with Crippen molar-refractivity contribution in [2.75, 3.05) is 11.1 Å². The number of aromatic amines is 1. The second-order valence-electron chi connectivity index (χ2n) is 9.19. The van der Waals surface area contributed by atoms with E-state index in [-0.39, 0.29) is 28.7 Å². The number of amides is 2. The van der Waals surface area contributed by atoms with Crippen LogP contribution in [-0.4, -0.2) is 36.5 Å². The number of nitrogens with two attached hydrogens (primary N) is 2. The zero-order valence-corrected chi connectivity index (χ0v) is 20.3. The minimum atomic E-state index is -0.807. The number of hydrogen-bond donors (Lipinski definition) is 4. The first-order chi connectivity index (χ1) is 18.8. The smallest absolute Gasteiger partial charge is 0.266 e. The SMILES string of the molecule is NC(=O)c1c(-c2ccc(F)cc2)c(=O)c(C(=O)Nc2ccc(-c3[nH]nc4ncnc(N)c34)cc2)cn1C1CC1. The Morgan fingerprint density at radius 3 is 2.38 bits per heavy atom. The lowest BCUT2D eigenvalue weighted by molar-refractivity contribution is 0.0985. The van der Waals surface area contributed by atoms with Gasteiger partial charge in [-0.25, -0.2) is 14.4 Å². The van der Waals surface area contributed by atoms with Gasteiger partial charge in [0, 0.05) is 23.5 Å².